The summed E-state index contributed by atoms with van der Waals surface area (Å²) < 4.78 is 24.5. The number of halogens is 1. The summed E-state index contributed by atoms with van der Waals surface area (Å²) in [6, 6.07) is 19.2. The minimum absolute atomic E-state index is 0.0515. The summed E-state index contributed by atoms with van der Waals surface area (Å²) >= 11 is 0. The topological polar surface area (TPSA) is 59.0 Å². The number of rotatable bonds is 8. The Bertz CT molecular complexity index is 1120. The molecule has 0 aromatic heterocycles. The van der Waals surface area contributed by atoms with Crippen LogP contribution in [-0.4, -0.2) is 42.7 Å². The zero-order valence-electron chi connectivity index (χ0n) is 19.4. The van der Waals surface area contributed by atoms with Gasteiger partial charge in [0.05, 0.1) is 7.11 Å². The van der Waals surface area contributed by atoms with Gasteiger partial charge in [-0.25, -0.2) is 4.39 Å². The van der Waals surface area contributed by atoms with Crippen LogP contribution in [0.3, 0.4) is 0 Å². The van der Waals surface area contributed by atoms with Crippen molar-refractivity contribution in [3.63, 3.8) is 0 Å². The van der Waals surface area contributed by atoms with Crippen LogP contribution in [0.15, 0.2) is 66.7 Å². The predicted octanol–water partition coefficient (Wildman–Crippen LogP) is 5.46. The van der Waals surface area contributed by atoms with Crippen molar-refractivity contribution in [2.45, 2.75) is 25.7 Å². The van der Waals surface area contributed by atoms with Crippen LogP contribution < -0.4 is 9.47 Å². The third-order valence-corrected chi connectivity index (χ3v) is 6.43. The lowest BCUT2D eigenvalue weighted by Crippen LogP contribution is -2.41. The molecule has 0 aliphatic carbocycles. The molecular weight excluding hydrogens is 433 g/mol. The van der Waals surface area contributed by atoms with Crippen molar-refractivity contribution < 1.29 is 23.8 Å². The number of piperidine rings is 1. The third kappa shape index (κ3) is 5.87. The molecule has 0 bridgehead atoms. The number of benzene rings is 3. The molecule has 1 aliphatic rings. The van der Waals surface area contributed by atoms with Crippen LogP contribution >= 0.6 is 0 Å². The highest BCUT2D eigenvalue weighted by Crippen LogP contribution is 2.36. The highest BCUT2D eigenvalue weighted by molar-refractivity contribution is 5.79. The molecule has 1 N–H and O–H groups in total. The molecule has 1 fully saturated rings. The van der Waals surface area contributed by atoms with Gasteiger partial charge in [-0.15, -0.1) is 0 Å². The van der Waals surface area contributed by atoms with E-state index in [1.807, 2.05) is 23.1 Å². The minimum Gasteiger partial charge on any atom is -0.507 e. The van der Waals surface area contributed by atoms with Crippen LogP contribution in [0.5, 0.6) is 17.2 Å². The number of carbonyl (C=O) groups excluding carboxylic acids is 1. The van der Waals surface area contributed by atoms with Gasteiger partial charge in [0.25, 0.3) is 5.91 Å². The maximum absolute atomic E-state index is 13.4. The molecule has 3 aromatic carbocycles. The molecular formula is C28H30FNO4. The number of aryl methyl sites for hydroxylation is 1. The number of hydrogen-bond acceptors (Lipinski definition) is 4. The molecule has 0 atom stereocenters. The fourth-order valence-electron chi connectivity index (χ4n) is 4.45. The van der Waals surface area contributed by atoms with E-state index in [-0.39, 0.29) is 18.3 Å². The van der Waals surface area contributed by atoms with Crippen molar-refractivity contribution in [2.24, 2.45) is 5.92 Å². The maximum Gasteiger partial charge on any atom is 0.260 e. The number of nitrogens with zero attached hydrogens (tertiary/aromatic N) is 1. The van der Waals surface area contributed by atoms with E-state index in [1.165, 1.54) is 17.7 Å². The van der Waals surface area contributed by atoms with Crippen molar-refractivity contribution in [1.29, 1.82) is 0 Å². The third-order valence-electron chi connectivity index (χ3n) is 6.43. The smallest absolute Gasteiger partial charge is 0.260 e. The number of likely N-dealkylation sites (tertiary alicyclic amines) is 1. The second-order valence-corrected chi connectivity index (χ2v) is 8.66. The SMILES string of the molecule is COc1cccc(CCC2CCN(C(=O)COc3ccccc3-c3ccc(F)cc3O)CC2)c1. The first kappa shape index (κ1) is 23.6. The maximum atomic E-state index is 13.4. The van der Waals surface area contributed by atoms with Crippen LogP contribution in [0, 0.1) is 11.7 Å². The van der Waals surface area contributed by atoms with Gasteiger partial charge in [-0.05, 0) is 67.5 Å². The summed E-state index contributed by atoms with van der Waals surface area (Å²) in [5.41, 5.74) is 2.35. The molecule has 34 heavy (non-hydrogen) atoms. The second-order valence-electron chi connectivity index (χ2n) is 8.66. The lowest BCUT2D eigenvalue weighted by Gasteiger charge is -2.32. The van der Waals surface area contributed by atoms with Gasteiger partial charge in [0, 0.05) is 30.3 Å². The van der Waals surface area contributed by atoms with E-state index in [4.69, 9.17) is 9.47 Å². The first-order valence-electron chi connectivity index (χ1n) is 11.6. The predicted molar refractivity (Wildman–Crippen MR) is 130 cm³/mol. The molecule has 0 spiro atoms. The lowest BCUT2D eigenvalue weighted by molar-refractivity contribution is -0.134. The van der Waals surface area contributed by atoms with E-state index in [0.717, 1.165) is 50.6 Å². The number of methoxy groups -OCH3 is 1. The molecule has 178 valence electrons. The first-order valence-corrected chi connectivity index (χ1v) is 11.6. The molecule has 1 saturated heterocycles. The number of hydrogen-bond donors (Lipinski definition) is 1. The normalized spacial score (nSPS) is 14.1. The Balaban J connectivity index is 1.28. The highest BCUT2D eigenvalue weighted by atomic mass is 19.1. The standard InChI is InChI=1S/C28H30FNO4/c1-33-23-6-4-5-21(17-23)10-9-20-13-15-30(16-14-20)28(32)19-34-27-8-3-2-7-25(27)24-12-11-22(29)18-26(24)31/h2-8,11-12,17-18,20,31H,9-10,13-16,19H2,1H3. The summed E-state index contributed by atoms with van der Waals surface area (Å²) in [5.74, 6) is 1.22. The zero-order valence-corrected chi connectivity index (χ0v) is 19.4. The van der Waals surface area contributed by atoms with Gasteiger partial charge in [-0.3, -0.25) is 4.79 Å². The van der Waals surface area contributed by atoms with Gasteiger partial charge in [-0.1, -0.05) is 30.3 Å². The van der Waals surface area contributed by atoms with Crippen LogP contribution in [0.1, 0.15) is 24.8 Å². The van der Waals surface area contributed by atoms with E-state index in [1.54, 1.807) is 25.3 Å². The average molecular weight is 464 g/mol. The number of carbonyl (C=O) groups is 1. The van der Waals surface area contributed by atoms with Crippen LogP contribution in [0.25, 0.3) is 11.1 Å². The van der Waals surface area contributed by atoms with Gasteiger partial charge >= 0.3 is 0 Å². The number of amides is 1. The van der Waals surface area contributed by atoms with Gasteiger partial charge in [-0.2, -0.15) is 0 Å². The van der Waals surface area contributed by atoms with Gasteiger partial charge in [0.1, 0.15) is 23.1 Å². The fraction of sp³-hybridized carbons (Fsp3) is 0.321. The molecule has 0 saturated carbocycles. The zero-order chi connectivity index (χ0) is 23.9. The lowest BCUT2D eigenvalue weighted by atomic mass is 9.90. The Hall–Kier alpha value is -3.54. The Morgan fingerprint density at radius 3 is 2.59 bits per heavy atom. The molecule has 1 aliphatic heterocycles. The number of aromatic hydroxyl groups is 1. The molecule has 1 amide bonds. The summed E-state index contributed by atoms with van der Waals surface area (Å²) in [6.45, 7) is 1.38. The molecule has 1 heterocycles. The Labute approximate surface area is 199 Å². The van der Waals surface area contributed by atoms with Crippen molar-refractivity contribution in [2.75, 3.05) is 26.8 Å². The molecule has 0 unspecified atom stereocenters. The van der Waals surface area contributed by atoms with Crippen LogP contribution in [-0.2, 0) is 11.2 Å². The Morgan fingerprint density at radius 1 is 1.03 bits per heavy atom. The quantitative estimate of drug-likeness (QED) is 0.482. The monoisotopic (exact) mass is 463 g/mol. The van der Waals surface area contributed by atoms with Crippen molar-refractivity contribution >= 4 is 5.91 Å². The minimum atomic E-state index is -0.512. The average Bonchev–Trinajstić information content (AvgIpc) is 2.87. The van der Waals surface area contributed by atoms with Crippen molar-refractivity contribution in [3.05, 3.63) is 78.1 Å². The molecule has 5 nitrogen and oxygen atoms in total. The summed E-state index contributed by atoms with van der Waals surface area (Å²) in [4.78, 5) is 14.6. The van der Waals surface area contributed by atoms with Gasteiger partial charge in [0.15, 0.2) is 6.61 Å². The van der Waals surface area contributed by atoms with Crippen molar-refractivity contribution in [1.82, 2.24) is 4.90 Å². The molecule has 4 rings (SSSR count). The summed E-state index contributed by atoms with van der Waals surface area (Å²) in [6.07, 6.45) is 4.07. The summed E-state index contributed by atoms with van der Waals surface area (Å²) in [5, 5.41) is 10.1. The number of phenolic OH excluding ortho intramolecular Hbond substituents is 1. The van der Waals surface area contributed by atoms with Crippen molar-refractivity contribution in [3.8, 4) is 28.4 Å². The second kappa shape index (κ2) is 11.1. The number of para-hydroxylation sites is 1. The van der Waals surface area contributed by atoms with E-state index in [9.17, 15) is 14.3 Å². The molecule has 6 heteroatoms. The molecule has 0 radical (unpaired) electrons. The van der Waals surface area contributed by atoms with E-state index >= 15 is 0 Å². The van der Waals surface area contributed by atoms with Gasteiger partial charge in [0.2, 0.25) is 0 Å². The summed E-state index contributed by atoms with van der Waals surface area (Å²) in [7, 11) is 1.68. The molecule has 3 aromatic rings. The fourth-order valence-corrected chi connectivity index (χ4v) is 4.45. The van der Waals surface area contributed by atoms with E-state index in [0.29, 0.717) is 22.8 Å². The van der Waals surface area contributed by atoms with E-state index < -0.39 is 5.82 Å². The largest absolute Gasteiger partial charge is 0.507 e. The van der Waals surface area contributed by atoms with Crippen LogP contribution in [0.2, 0.25) is 0 Å². The number of phenols is 1. The van der Waals surface area contributed by atoms with E-state index in [2.05, 4.69) is 12.1 Å². The first-order chi connectivity index (χ1) is 16.5. The number of ether oxygens (including phenoxy) is 2. The highest BCUT2D eigenvalue weighted by Gasteiger charge is 2.23. The Morgan fingerprint density at radius 2 is 1.82 bits per heavy atom. The Kier molecular flexibility index (Phi) is 7.68. The van der Waals surface area contributed by atoms with Crippen LogP contribution in [0.4, 0.5) is 4.39 Å². The van der Waals surface area contributed by atoms with Gasteiger partial charge < -0.3 is 19.5 Å².